The fourth-order valence-corrected chi connectivity index (χ4v) is 3.59. The quantitative estimate of drug-likeness (QED) is 0.940. The van der Waals surface area contributed by atoms with E-state index in [4.69, 9.17) is 9.51 Å². The SMILES string of the molecule is c1ccc(C2(c3noc(C4CCNCC4)n3)CCC2)cc1. The Morgan fingerprint density at radius 2 is 1.86 bits per heavy atom. The van der Waals surface area contributed by atoms with Crippen molar-refractivity contribution in [3.05, 3.63) is 47.6 Å². The van der Waals surface area contributed by atoms with Gasteiger partial charge >= 0.3 is 0 Å². The Kier molecular flexibility index (Phi) is 3.26. The highest BCUT2D eigenvalue weighted by Crippen LogP contribution is 2.47. The van der Waals surface area contributed by atoms with Crippen molar-refractivity contribution in [1.82, 2.24) is 15.5 Å². The molecule has 110 valence electrons. The van der Waals surface area contributed by atoms with Crippen molar-refractivity contribution in [2.75, 3.05) is 13.1 Å². The molecule has 2 heterocycles. The smallest absolute Gasteiger partial charge is 0.229 e. The normalized spacial score (nSPS) is 21.9. The topological polar surface area (TPSA) is 51.0 Å². The van der Waals surface area contributed by atoms with Gasteiger partial charge in [0.05, 0.1) is 5.41 Å². The molecule has 21 heavy (non-hydrogen) atoms. The fourth-order valence-electron chi connectivity index (χ4n) is 3.59. The summed E-state index contributed by atoms with van der Waals surface area (Å²) in [5.41, 5.74) is 1.32. The average molecular weight is 283 g/mol. The predicted octanol–water partition coefficient (Wildman–Crippen LogP) is 3.01. The van der Waals surface area contributed by atoms with Crippen molar-refractivity contribution in [2.24, 2.45) is 0 Å². The second-order valence-electron chi connectivity index (χ2n) is 6.28. The van der Waals surface area contributed by atoms with Gasteiger partial charge in [0.15, 0.2) is 5.82 Å². The van der Waals surface area contributed by atoms with Gasteiger partial charge in [-0.05, 0) is 44.3 Å². The maximum Gasteiger partial charge on any atom is 0.229 e. The van der Waals surface area contributed by atoms with Crippen molar-refractivity contribution < 1.29 is 4.52 Å². The van der Waals surface area contributed by atoms with E-state index in [9.17, 15) is 0 Å². The van der Waals surface area contributed by atoms with Gasteiger partial charge in [0.1, 0.15) is 0 Å². The van der Waals surface area contributed by atoms with Crippen LogP contribution in [0, 0.1) is 0 Å². The Labute approximate surface area is 124 Å². The van der Waals surface area contributed by atoms with Gasteiger partial charge < -0.3 is 9.84 Å². The van der Waals surface area contributed by atoms with Gasteiger partial charge in [0.25, 0.3) is 0 Å². The van der Waals surface area contributed by atoms with Gasteiger partial charge in [-0.1, -0.05) is 41.9 Å². The lowest BCUT2D eigenvalue weighted by Gasteiger charge is -2.39. The number of hydrogen-bond acceptors (Lipinski definition) is 4. The molecule has 1 saturated carbocycles. The largest absolute Gasteiger partial charge is 0.339 e. The number of hydrogen-bond donors (Lipinski definition) is 1. The van der Waals surface area contributed by atoms with Crippen LogP contribution in [0.15, 0.2) is 34.9 Å². The van der Waals surface area contributed by atoms with E-state index in [0.717, 1.165) is 50.5 Å². The van der Waals surface area contributed by atoms with Crippen LogP contribution in [0.1, 0.15) is 55.3 Å². The molecule has 2 fully saturated rings. The standard InChI is InChI=1S/C17H21N3O/c1-2-5-14(6-3-1)17(9-4-10-17)16-19-15(21-20-16)13-7-11-18-12-8-13/h1-3,5-6,13,18H,4,7-12H2. The van der Waals surface area contributed by atoms with Crippen LogP contribution in [0.5, 0.6) is 0 Å². The van der Waals surface area contributed by atoms with E-state index in [1.54, 1.807) is 0 Å². The first-order valence-corrected chi connectivity index (χ1v) is 7.99. The highest BCUT2D eigenvalue weighted by molar-refractivity contribution is 5.35. The summed E-state index contributed by atoms with van der Waals surface area (Å²) in [4.78, 5) is 4.80. The summed E-state index contributed by atoms with van der Waals surface area (Å²) in [7, 11) is 0. The zero-order valence-corrected chi connectivity index (χ0v) is 12.2. The Bertz CT molecular complexity index is 598. The Hall–Kier alpha value is -1.68. The van der Waals surface area contributed by atoms with E-state index < -0.39 is 0 Å². The summed E-state index contributed by atoms with van der Waals surface area (Å²) in [5, 5.41) is 7.74. The van der Waals surface area contributed by atoms with Crippen LogP contribution in [0.3, 0.4) is 0 Å². The van der Waals surface area contributed by atoms with Crippen LogP contribution >= 0.6 is 0 Å². The van der Waals surface area contributed by atoms with Crippen molar-refractivity contribution in [2.45, 2.75) is 43.4 Å². The molecule has 4 rings (SSSR count). The number of nitrogens with zero attached hydrogens (tertiary/aromatic N) is 2. The van der Waals surface area contributed by atoms with E-state index >= 15 is 0 Å². The molecule has 0 amide bonds. The third-order valence-corrected chi connectivity index (χ3v) is 5.09. The van der Waals surface area contributed by atoms with Gasteiger partial charge in [-0.2, -0.15) is 4.98 Å². The average Bonchev–Trinajstić information content (AvgIpc) is 2.98. The van der Waals surface area contributed by atoms with Crippen LogP contribution in [0.4, 0.5) is 0 Å². The van der Waals surface area contributed by atoms with E-state index in [-0.39, 0.29) is 5.41 Å². The van der Waals surface area contributed by atoms with E-state index in [2.05, 4.69) is 40.8 Å². The van der Waals surface area contributed by atoms with Gasteiger partial charge in [0.2, 0.25) is 5.89 Å². The molecule has 0 bridgehead atoms. The molecule has 1 aliphatic heterocycles. The molecule has 2 aliphatic rings. The third-order valence-electron chi connectivity index (χ3n) is 5.09. The fraction of sp³-hybridized carbons (Fsp3) is 0.529. The third kappa shape index (κ3) is 2.18. The van der Waals surface area contributed by atoms with E-state index in [1.807, 2.05) is 0 Å². The highest BCUT2D eigenvalue weighted by Gasteiger charge is 2.44. The van der Waals surface area contributed by atoms with Crippen molar-refractivity contribution in [3.8, 4) is 0 Å². The summed E-state index contributed by atoms with van der Waals surface area (Å²) >= 11 is 0. The maximum atomic E-state index is 5.62. The maximum absolute atomic E-state index is 5.62. The molecule has 1 aromatic heterocycles. The molecule has 4 nitrogen and oxygen atoms in total. The van der Waals surface area contributed by atoms with E-state index in [1.165, 1.54) is 12.0 Å². The molecular formula is C17H21N3O. The minimum absolute atomic E-state index is 0.00404. The first-order chi connectivity index (χ1) is 10.4. The number of benzene rings is 1. The van der Waals surface area contributed by atoms with Crippen molar-refractivity contribution >= 4 is 0 Å². The number of piperidine rings is 1. The van der Waals surface area contributed by atoms with Crippen LogP contribution in [0.2, 0.25) is 0 Å². The van der Waals surface area contributed by atoms with E-state index in [0.29, 0.717) is 5.92 Å². The van der Waals surface area contributed by atoms with Gasteiger partial charge in [0, 0.05) is 5.92 Å². The number of rotatable bonds is 3. The molecule has 0 atom stereocenters. The summed E-state index contributed by atoms with van der Waals surface area (Å²) in [6.07, 6.45) is 5.69. The zero-order chi connectivity index (χ0) is 14.1. The van der Waals surface area contributed by atoms with Crippen LogP contribution in [-0.2, 0) is 5.41 Å². The minimum atomic E-state index is -0.00404. The highest BCUT2D eigenvalue weighted by atomic mass is 16.5. The predicted molar refractivity (Wildman–Crippen MR) is 80.2 cm³/mol. The summed E-state index contributed by atoms with van der Waals surface area (Å²) in [6, 6.07) is 10.7. The molecule has 4 heteroatoms. The van der Waals surface area contributed by atoms with Crippen molar-refractivity contribution in [3.63, 3.8) is 0 Å². The second-order valence-corrected chi connectivity index (χ2v) is 6.28. The summed E-state index contributed by atoms with van der Waals surface area (Å²) < 4.78 is 5.62. The Morgan fingerprint density at radius 3 is 2.52 bits per heavy atom. The Balaban J connectivity index is 1.64. The lowest BCUT2D eigenvalue weighted by atomic mass is 9.64. The second kappa shape index (κ2) is 5.26. The first kappa shape index (κ1) is 13.0. The lowest BCUT2D eigenvalue weighted by Crippen LogP contribution is -2.36. The molecule has 0 spiro atoms. The number of aromatic nitrogens is 2. The first-order valence-electron chi connectivity index (χ1n) is 7.99. The minimum Gasteiger partial charge on any atom is -0.339 e. The zero-order valence-electron chi connectivity index (χ0n) is 12.2. The summed E-state index contributed by atoms with van der Waals surface area (Å²) in [5.74, 6) is 2.17. The van der Waals surface area contributed by atoms with Gasteiger partial charge in [-0.25, -0.2) is 0 Å². The molecule has 0 radical (unpaired) electrons. The molecule has 1 N–H and O–H groups in total. The molecule has 1 aromatic carbocycles. The lowest BCUT2D eigenvalue weighted by molar-refractivity contribution is 0.267. The van der Waals surface area contributed by atoms with Gasteiger partial charge in [-0.15, -0.1) is 0 Å². The summed E-state index contributed by atoms with van der Waals surface area (Å²) in [6.45, 7) is 2.10. The molecule has 0 unspecified atom stereocenters. The molecule has 1 saturated heterocycles. The monoisotopic (exact) mass is 283 g/mol. The molecule has 2 aromatic rings. The Morgan fingerprint density at radius 1 is 1.10 bits per heavy atom. The van der Waals surface area contributed by atoms with Crippen LogP contribution < -0.4 is 5.32 Å². The van der Waals surface area contributed by atoms with Crippen LogP contribution in [0.25, 0.3) is 0 Å². The van der Waals surface area contributed by atoms with Crippen molar-refractivity contribution in [1.29, 1.82) is 0 Å². The van der Waals surface area contributed by atoms with Crippen LogP contribution in [-0.4, -0.2) is 23.2 Å². The molecule has 1 aliphatic carbocycles. The van der Waals surface area contributed by atoms with Gasteiger partial charge in [-0.3, -0.25) is 0 Å². The molecular weight excluding hydrogens is 262 g/mol. The number of nitrogens with one attached hydrogen (secondary N) is 1.